The monoisotopic (exact) mass is 476 g/mol. The summed E-state index contributed by atoms with van der Waals surface area (Å²) in [6, 6.07) is 17.5. The van der Waals surface area contributed by atoms with Crippen LogP contribution in [0.3, 0.4) is 0 Å². The lowest BCUT2D eigenvalue weighted by atomic mass is 10.2. The Bertz CT molecular complexity index is 1120. The third-order valence-electron chi connectivity index (χ3n) is 4.18. The van der Waals surface area contributed by atoms with E-state index >= 15 is 0 Å². The van der Waals surface area contributed by atoms with Gasteiger partial charge >= 0.3 is 0 Å². The van der Waals surface area contributed by atoms with E-state index in [0.717, 1.165) is 25.1 Å². The molecule has 4 rings (SSSR count). The standard InChI is InChI=1S/C20H14BrClN2OS2/c1-12-14(22)7-8-15-18(12)23-20(27-15)24(11-13-5-3-2-4-6-13)19(25)16-9-10-17(21)26-16/h2-10H,11H2,1H3. The van der Waals surface area contributed by atoms with Gasteiger partial charge in [-0.05, 0) is 58.2 Å². The smallest absolute Gasteiger partial charge is 0.270 e. The normalized spacial score (nSPS) is 11.1. The summed E-state index contributed by atoms with van der Waals surface area (Å²) in [5.74, 6) is -0.0580. The van der Waals surface area contributed by atoms with Gasteiger partial charge in [-0.25, -0.2) is 4.98 Å². The van der Waals surface area contributed by atoms with Crippen LogP contribution < -0.4 is 4.90 Å². The van der Waals surface area contributed by atoms with Gasteiger partial charge in [0.15, 0.2) is 5.13 Å². The fourth-order valence-corrected chi connectivity index (χ4v) is 5.27. The van der Waals surface area contributed by atoms with E-state index in [1.807, 2.05) is 61.5 Å². The first-order valence-corrected chi connectivity index (χ1v) is 11.0. The van der Waals surface area contributed by atoms with Crippen molar-refractivity contribution in [1.29, 1.82) is 0 Å². The number of aromatic nitrogens is 1. The molecule has 0 aliphatic rings. The summed E-state index contributed by atoms with van der Waals surface area (Å²) in [6.07, 6.45) is 0. The van der Waals surface area contributed by atoms with Gasteiger partial charge in [0, 0.05) is 5.02 Å². The second-order valence-corrected chi connectivity index (χ2v) is 9.88. The molecule has 0 spiro atoms. The summed E-state index contributed by atoms with van der Waals surface area (Å²) in [5, 5.41) is 1.36. The van der Waals surface area contributed by atoms with Crippen LogP contribution >= 0.6 is 50.2 Å². The lowest BCUT2D eigenvalue weighted by Gasteiger charge is -2.19. The van der Waals surface area contributed by atoms with Crippen LogP contribution in [0.15, 0.2) is 58.4 Å². The molecule has 1 amide bonds. The van der Waals surface area contributed by atoms with E-state index < -0.39 is 0 Å². The molecule has 2 aromatic carbocycles. The Labute approximate surface area is 178 Å². The van der Waals surface area contributed by atoms with Gasteiger partial charge in [0.2, 0.25) is 0 Å². The van der Waals surface area contributed by atoms with Gasteiger partial charge in [-0.1, -0.05) is 53.3 Å². The van der Waals surface area contributed by atoms with Crippen molar-refractivity contribution in [3.05, 3.63) is 79.4 Å². The van der Waals surface area contributed by atoms with Crippen molar-refractivity contribution in [2.45, 2.75) is 13.5 Å². The number of anilines is 1. The zero-order valence-corrected chi connectivity index (χ0v) is 18.3. The molecule has 0 aliphatic carbocycles. The van der Waals surface area contributed by atoms with Crippen LogP contribution in [-0.2, 0) is 6.54 Å². The van der Waals surface area contributed by atoms with E-state index in [2.05, 4.69) is 15.9 Å². The molecule has 0 radical (unpaired) electrons. The van der Waals surface area contributed by atoms with E-state index in [4.69, 9.17) is 16.6 Å². The molecule has 7 heteroatoms. The van der Waals surface area contributed by atoms with E-state index in [9.17, 15) is 4.79 Å². The Morgan fingerprint density at radius 2 is 1.89 bits per heavy atom. The quantitative estimate of drug-likeness (QED) is 0.319. The third kappa shape index (κ3) is 3.80. The van der Waals surface area contributed by atoms with Crippen molar-refractivity contribution in [3.8, 4) is 0 Å². The highest BCUT2D eigenvalue weighted by molar-refractivity contribution is 9.11. The van der Waals surface area contributed by atoms with Crippen molar-refractivity contribution in [1.82, 2.24) is 4.98 Å². The summed E-state index contributed by atoms with van der Waals surface area (Å²) in [7, 11) is 0. The van der Waals surface area contributed by atoms with Gasteiger partial charge < -0.3 is 0 Å². The van der Waals surface area contributed by atoms with Gasteiger partial charge in [-0.15, -0.1) is 11.3 Å². The molecule has 0 aliphatic heterocycles. The molecule has 3 nitrogen and oxygen atoms in total. The third-order valence-corrected chi connectivity index (χ3v) is 7.24. The Hall–Kier alpha value is -1.73. The maximum Gasteiger partial charge on any atom is 0.270 e. The number of amides is 1. The van der Waals surface area contributed by atoms with Crippen LogP contribution in [0.4, 0.5) is 5.13 Å². The van der Waals surface area contributed by atoms with Crippen molar-refractivity contribution in [2.75, 3.05) is 4.90 Å². The lowest BCUT2D eigenvalue weighted by molar-refractivity contribution is 0.0989. The predicted molar refractivity (Wildman–Crippen MR) is 118 cm³/mol. The van der Waals surface area contributed by atoms with Gasteiger partial charge in [0.05, 0.1) is 25.4 Å². The predicted octanol–water partition coefficient (Wildman–Crippen LogP) is 6.93. The number of hydrogen-bond donors (Lipinski definition) is 0. The average Bonchev–Trinajstić information content (AvgIpc) is 3.30. The van der Waals surface area contributed by atoms with Crippen LogP contribution in [0.1, 0.15) is 20.8 Å². The Kier molecular flexibility index (Phi) is 5.32. The topological polar surface area (TPSA) is 33.2 Å². The van der Waals surface area contributed by atoms with Gasteiger partial charge in [0.1, 0.15) is 0 Å². The highest BCUT2D eigenvalue weighted by atomic mass is 79.9. The number of hydrogen-bond acceptors (Lipinski definition) is 4. The van der Waals surface area contributed by atoms with Gasteiger partial charge in [-0.2, -0.15) is 0 Å². The molecule has 0 saturated heterocycles. The first-order chi connectivity index (χ1) is 13.0. The number of thiazole rings is 1. The van der Waals surface area contributed by atoms with Crippen LogP contribution in [0.5, 0.6) is 0 Å². The van der Waals surface area contributed by atoms with E-state index in [1.165, 1.54) is 22.7 Å². The first-order valence-electron chi connectivity index (χ1n) is 8.19. The summed E-state index contributed by atoms with van der Waals surface area (Å²) in [6.45, 7) is 2.41. The maximum absolute atomic E-state index is 13.2. The van der Waals surface area contributed by atoms with Crippen LogP contribution in [0, 0.1) is 6.92 Å². The molecule has 27 heavy (non-hydrogen) atoms. The summed E-state index contributed by atoms with van der Waals surface area (Å²) in [4.78, 5) is 20.4. The molecule has 0 fully saturated rings. The summed E-state index contributed by atoms with van der Waals surface area (Å²) >= 11 is 12.6. The molecular weight excluding hydrogens is 464 g/mol. The number of fused-ring (bicyclic) bond motifs is 1. The Balaban J connectivity index is 1.79. The number of benzene rings is 2. The number of carbonyl (C=O) groups is 1. The van der Waals surface area contributed by atoms with Crippen LogP contribution in [-0.4, -0.2) is 10.9 Å². The minimum absolute atomic E-state index is 0.0580. The fraction of sp³-hybridized carbons (Fsp3) is 0.100. The van der Waals surface area contributed by atoms with Crippen molar-refractivity contribution in [3.63, 3.8) is 0 Å². The van der Waals surface area contributed by atoms with Crippen LogP contribution in [0.25, 0.3) is 10.2 Å². The van der Waals surface area contributed by atoms with Crippen molar-refractivity contribution >= 4 is 71.5 Å². The van der Waals surface area contributed by atoms with Crippen LogP contribution in [0.2, 0.25) is 5.02 Å². The van der Waals surface area contributed by atoms with Crippen molar-refractivity contribution < 1.29 is 4.79 Å². The number of thiophene rings is 1. The minimum atomic E-state index is -0.0580. The molecule has 136 valence electrons. The second-order valence-electron chi connectivity index (χ2n) is 6.00. The van der Waals surface area contributed by atoms with Crippen molar-refractivity contribution in [2.24, 2.45) is 0 Å². The maximum atomic E-state index is 13.2. The molecule has 0 N–H and O–H groups in total. The molecule has 2 heterocycles. The SMILES string of the molecule is Cc1c(Cl)ccc2sc(N(Cc3ccccc3)C(=O)c3ccc(Br)s3)nc12. The van der Waals surface area contributed by atoms with Gasteiger partial charge in [0.25, 0.3) is 5.91 Å². The lowest BCUT2D eigenvalue weighted by Crippen LogP contribution is -2.29. The number of nitrogens with zero attached hydrogens (tertiary/aromatic N) is 2. The molecule has 2 aromatic heterocycles. The van der Waals surface area contributed by atoms with E-state index in [0.29, 0.717) is 21.6 Å². The zero-order chi connectivity index (χ0) is 19.0. The number of aryl methyl sites for hydroxylation is 1. The highest BCUT2D eigenvalue weighted by Gasteiger charge is 2.23. The Morgan fingerprint density at radius 1 is 1.11 bits per heavy atom. The summed E-state index contributed by atoms with van der Waals surface area (Å²) in [5.41, 5.74) is 2.83. The second kappa shape index (κ2) is 7.72. The molecule has 0 unspecified atom stereocenters. The number of halogens is 2. The zero-order valence-electron chi connectivity index (χ0n) is 14.3. The van der Waals surface area contributed by atoms with E-state index in [-0.39, 0.29) is 5.91 Å². The molecule has 4 aromatic rings. The highest BCUT2D eigenvalue weighted by Crippen LogP contribution is 2.35. The average molecular weight is 478 g/mol. The molecular formula is C20H14BrClN2OS2. The number of carbonyl (C=O) groups excluding carboxylic acids is 1. The first kappa shape index (κ1) is 18.6. The van der Waals surface area contributed by atoms with E-state index in [1.54, 1.807) is 4.90 Å². The molecule has 0 saturated carbocycles. The molecule has 0 bridgehead atoms. The fourth-order valence-electron chi connectivity index (χ4n) is 2.76. The summed E-state index contributed by atoms with van der Waals surface area (Å²) < 4.78 is 1.95. The van der Waals surface area contributed by atoms with Gasteiger partial charge in [-0.3, -0.25) is 9.69 Å². The Morgan fingerprint density at radius 3 is 2.59 bits per heavy atom. The minimum Gasteiger partial charge on any atom is -0.279 e. The number of rotatable bonds is 4. The largest absolute Gasteiger partial charge is 0.279 e. The molecule has 0 atom stereocenters.